The Hall–Kier alpha value is -2.44. The number of benzene rings is 2. The van der Waals surface area contributed by atoms with E-state index in [0.29, 0.717) is 58.7 Å². The molecule has 0 radical (unpaired) electrons. The van der Waals surface area contributed by atoms with Gasteiger partial charge in [0.25, 0.3) is 5.91 Å². The summed E-state index contributed by atoms with van der Waals surface area (Å²) in [7, 11) is 0. The molecule has 2 aliphatic heterocycles. The molecular formula is C20H18Cl2N2O4. The van der Waals surface area contributed by atoms with Gasteiger partial charge in [-0.05, 0) is 37.1 Å². The molecule has 2 aliphatic rings. The van der Waals surface area contributed by atoms with E-state index in [4.69, 9.17) is 32.7 Å². The number of hydrogen-bond acceptors (Lipinski definition) is 4. The Morgan fingerprint density at radius 2 is 1.68 bits per heavy atom. The molecule has 4 rings (SSSR count). The molecule has 0 aliphatic carbocycles. The number of carbonyl (C=O) groups excluding carboxylic acids is 2. The van der Waals surface area contributed by atoms with Crippen molar-refractivity contribution < 1.29 is 19.1 Å². The Morgan fingerprint density at radius 3 is 2.39 bits per heavy atom. The van der Waals surface area contributed by atoms with Crippen LogP contribution in [0.3, 0.4) is 0 Å². The predicted molar refractivity (Wildman–Crippen MR) is 106 cm³/mol. The van der Waals surface area contributed by atoms with Crippen LogP contribution >= 0.6 is 23.2 Å². The summed E-state index contributed by atoms with van der Waals surface area (Å²) < 4.78 is 10.6. The monoisotopic (exact) mass is 420 g/mol. The molecule has 2 amide bonds. The molecule has 0 bridgehead atoms. The first-order valence-corrected chi connectivity index (χ1v) is 9.72. The van der Waals surface area contributed by atoms with E-state index in [1.54, 1.807) is 41.3 Å². The van der Waals surface area contributed by atoms with Gasteiger partial charge in [-0.15, -0.1) is 0 Å². The van der Waals surface area contributed by atoms with Gasteiger partial charge in [-0.1, -0.05) is 29.3 Å². The van der Waals surface area contributed by atoms with Crippen LogP contribution in [0.2, 0.25) is 10.0 Å². The maximum atomic E-state index is 12.7. The van der Waals surface area contributed by atoms with Crippen LogP contribution < -0.4 is 14.8 Å². The van der Waals surface area contributed by atoms with Crippen molar-refractivity contribution >= 4 is 40.7 Å². The molecule has 28 heavy (non-hydrogen) atoms. The van der Waals surface area contributed by atoms with Crippen molar-refractivity contribution in [1.29, 1.82) is 0 Å². The van der Waals surface area contributed by atoms with Crippen molar-refractivity contribution in [2.24, 2.45) is 5.92 Å². The molecule has 1 saturated heterocycles. The molecule has 0 aromatic heterocycles. The summed E-state index contributed by atoms with van der Waals surface area (Å²) in [6.07, 6.45) is 1.15. The summed E-state index contributed by atoms with van der Waals surface area (Å²) in [6.45, 7) is 1.13. The molecule has 0 spiro atoms. The molecular weight excluding hydrogens is 403 g/mol. The topological polar surface area (TPSA) is 67.9 Å². The molecule has 6 nitrogen and oxygen atoms in total. The molecule has 0 atom stereocenters. The summed E-state index contributed by atoms with van der Waals surface area (Å²) in [4.78, 5) is 27.0. The van der Waals surface area contributed by atoms with Gasteiger partial charge in [0.1, 0.15) is 0 Å². The van der Waals surface area contributed by atoms with Crippen LogP contribution in [0, 0.1) is 5.92 Å². The zero-order valence-electron chi connectivity index (χ0n) is 14.9. The van der Waals surface area contributed by atoms with Crippen LogP contribution in [0.1, 0.15) is 23.2 Å². The van der Waals surface area contributed by atoms with Gasteiger partial charge in [-0.2, -0.15) is 0 Å². The van der Waals surface area contributed by atoms with Gasteiger partial charge in [0, 0.05) is 30.8 Å². The third-order valence-electron chi connectivity index (χ3n) is 4.97. The standard InChI is InChI=1S/C20H18Cl2N2O4/c21-14-2-1-3-15(22)18(14)20(26)24-8-6-12(7-9-24)19(25)23-13-4-5-16-17(10-13)28-11-27-16/h1-5,10,12H,6-9,11H2,(H,23,25). The van der Waals surface area contributed by atoms with Crippen LogP contribution in [-0.4, -0.2) is 36.6 Å². The van der Waals surface area contributed by atoms with E-state index in [1.165, 1.54) is 0 Å². The lowest BCUT2D eigenvalue weighted by Crippen LogP contribution is -2.41. The lowest BCUT2D eigenvalue weighted by molar-refractivity contribution is -0.121. The fourth-order valence-electron chi connectivity index (χ4n) is 3.42. The second-order valence-electron chi connectivity index (χ2n) is 6.72. The van der Waals surface area contributed by atoms with Crippen LogP contribution in [0.4, 0.5) is 5.69 Å². The zero-order chi connectivity index (χ0) is 19.7. The van der Waals surface area contributed by atoms with E-state index in [1.807, 2.05) is 0 Å². The third-order valence-corrected chi connectivity index (χ3v) is 5.60. The quantitative estimate of drug-likeness (QED) is 0.806. The lowest BCUT2D eigenvalue weighted by atomic mass is 9.95. The van der Waals surface area contributed by atoms with Gasteiger partial charge in [-0.3, -0.25) is 9.59 Å². The highest BCUT2D eigenvalue weighted by Crippen LogP contribution is 2.34. The van der Waals surface area contributed by atoms with Gasteiger partial charge < -0.3 is 19.7 Å². The van der Waals surface area contributed by atoms with E-state index < -0.39 is 0 Å². The van der Waals surface area contributed by atoms with Crippen LogP contribution in [0.5, 0.6) is 11.5 Å². The van der Waals surface area contributed by atoms with E-state index in [-0.39, 0.29) is 24.5 Å². The Balaban J connectivity index is 1.36. The Labute approximate surface area is 172 Å². The number of nitrogens with zero attached hydrogens (tertiary/aromatic N) is 1. The molecule has 0 unspecified atom stereocenters. The highest BCUT2D eigenvalue weighted by atomic mass is 35.5. The largest absolute Gasteiger partial charge is 0.454 e. The predicted octanol–water partition coefficient (Wildman–Crippen LogP) is 4.21. The maximum Gasteiger partial charge on any atom is 0.256 e. The molecule has 0 saturated carbocycles. The summed E-state index contributed by atoms with van der Waals surface area (Å²) in [6, 6.07) is 10.3. The van der Waals surface area contributed by atoms with Crippen molar-refractivity contribution in [1.82, 2.24) is 4.90 Å². The first-order chi connectivity index (χ1) is 13.5. The van der Waals surface area contributed by atoms with E-state index >= 15 is 0 Å². The van der Waals surface area contributed by atoms with Crippen LogP contribution in [-0.2, 0) is 4.79 Å². The molecule has 2 aromatic rings. The number of fused-ring (bicyclic) bond motifs is 1. The number of amides is 2. The Morgan fingerprint density at radius 1 is 1.00 bits per heavy atom. The second kappa shape index (κ2) is 7.89. The average molecular weight is 421 g/mol. The van der Waals surface area contributed by atoms with Gasteiger partial charge in [-0.25, -0.2) is 0 Å². The van der Waals surface area contributed by atoms with Crippen molar-refractivity contribution in [3.05, 3.63) is 52.0 Å². The number of carbonyl (C=O) groups is 2. The number of halogens is 2. The number of likely N-dealkylation sites (tertiary alicyclic amines) is 1. The van der Waals surface area contributed by atoms with Gasteiger partial charge in [0.15, 0.2) is 11.5 Å². The molecule has 1 N–H and O–H groups in total. The molecule has 2 aromatic carbocycles. The van der Waals surface area contributed by atoms with Crippen LogP contribution in [0.15, 0.2) is 36.4 Å². The minimum absolute atomic E-state index is 0.0678. The minimum Gasteiger partial charge on any atom is -0.454 e. The number of hydrogen-bond donors (Lipinski definition) is 1. The third kappa shape index (κ3) is 3.75. The summed E-state index contributed by atoms with van der Waals surface area (Å²) in [5.41, 5.74) is 0.977. The summed E-state index contributed by atoms with van der Waals surface area (Å²) >= 11 is 12.3. The van der Waals surface area contributed by atoms with E-state index in [2.05, 4.69) is 5.32 Å². The smallest absolute Gasteiger partial charge is 0.256 e. The first kappa shape index (κ1) is 18.9. The van der Waals surface area contributed by atoms with E-state index in [9.17, 15) is 9.59 Å². The van der Waals surface area contributed by atoms with Crippen molar-refractivity contribution in [2.45, 2.75) is 12.8 Å². The normalized spacial score (nSPS) is 16.1. The second-order valence-corrected chi connectivity index (χ2v) is 7.53. The van der Waals surface area contributed by atoms with Crippen molar-refractivity contribution in [2.75, 3.05) is 25.2 Å². The maximum absolute atomic E-state index is 12.7. The number of nitrogens with one attached hydrogen (secondary N) is 1. The Bertz CT molecular complexity index is 906. The SMILES string of the molecule is O=C(Nc1ccc2c(c1)OCO2)C1CCN(C(=O)c2c(Cl)cccc2Cl)CC1. The fraction of sp³-hybridized carbons (Fsp3) is 0.300. The summed E-state index contributed by atoms with van der Waals surface area (Å²) in [5, 5.41) is 3.58. The average Bonchev–Trinajstić information content (AvgIpc) is 3.15. The first-order valence-electron chi connectivity index (χ1n) is 8.97. The number of anilines is 1. The van der Waals surface area contributed by atoms with Gasteiger partial charge >= 0.3 is 0 Å². The fourth-order valence-corrected chi connectivity index (χ4v) is 3.98. The zero-order valence-corrected chi connectivity index (χ0v) is 16.4. The molecule has 8 heteroatoms. The molecule has 1 fully saturated rings. The number of piperidine rings is 1. The van der Waals surface area contributed by atoms with Crippen molar-refractivity contribution in [3.8, 4) is 11.5 Å². The van der Waals surface area contributed by atoms with E-state index in [0.717, 1.165) is 0 Å². The Kier molecular flexibility index (Phi) is 5.33. The summed E-state index contributed by atoms with van der Waals surface area (Å²) in [5.74, 6) is 0.848. The minimum atomic E-state index is -0.203. The molecule has 2 heterocycles. The van der Waals surface area contributed by atoms with Gasteiger partial charge in [0.2, 0.25) is 12.7 Å². The number of ether oxygens (including phenoxy) is 2. The molecule has 146 valence electrons. The lowest BCUT2D eigenvalue weighted by Gasteiger charge is -2.31. The number of rotatable bonds is 3. The van der Waals surface area contributed by atoms with Gasteiger partial charge in [0.05, 0.1) is 15.6 Å². The van der Waals surface area contributed by atoms with Crippen LogP contribution in [0.25, 0.3) is 0 Å². The van der Waals surface area contributed by atoms with Crippen molar-refractivity contribution in [3.63, 3.8) is 0 Å². The highest BCUT2D eigenvalue weighted by Gasteiger charge is 2.29. The highest BCUT2D eigenvalue weighted by molar-refractivity contribution is 6.39.